The Morgan fingerprint density at radius 1 is 1.10 bits per heavy atom. The number of nitrogens with zero attached hydrogens (tertiary/aromatic N) is 1. The van der Waals surface area contributed by atoms with Gasteiger partial charge in [-0.1, -0.05) is 60.1 Å². The standard InChI is InChI=1S/C23H22BrClN2O3/c1-15(23(29)26-2)27(13-17-8-4-6-10-19(17)25)21(28)14-30-20-12-11-16-7-3-5-9-18(16)22(20)24/h3-12,15H,13-14H2,1-2H3,(H,26,29). The molecule has 0 heterocycles. The first kappa shape index (κ1) is 22.1. The smallest absolute Gasteiger partial charge is 0.261 e. The summed E-state index contributed by atoms with van der Waals surface area (Å²) >= 11 is 9.83. The van der Waals surface area contributed by atoms with Crippen LogP contribution in [0.15, 0.2) is 65.1 Å². The van der Waals surface area contributed by atoms with E-state index < -0.39 is 6.04 Å². The highest BCUT2D eigenvalue weighted by Crippen LogP contribution is 2.33. The van der Waals surface area contributed by atoms with Gasteiger partial charge in [-0.2, -0.15) is 0 Å². The van der Waals surface area contributed by atoms with E-state index in [0.717, 1.165) is 20.8 Å². The maximum Gasteiger partial charge on any atom is 0.261 e. The minimum absolute atomic E-state index is 0.204. The van der Waals surface area contributed by atoms with Crippen LogP contribution in [0.1, 0.15) is 12.5 Å². The van der Waals surface area contributed by atoms with Crippen LogP contribution < -0.4 is 10.1 Å². The minimum atomic E-state index is -0.678. The molecule has 1 unspecified atom stereocenters. The number of likely N-dealkylation sites (N-methyl/N-ethyl adjacent to an activating group) is 1. The Hall–Kier alpha value is -2.57. The molecule has 0 aliphatic carbocycles. The quantitative estimate of drug-likeness (QED) is 0.519. The van der Waals surface area contributed by atoms with E-state index in [1.165, 1.54) is 4.90 Å². The van der Waals surface area contributed by atoms with Crippen molar-refractivity contribution in [2.75, 3.05) is 13.7 Å². The summed E-state index contributed by atoms with van der Waals surface area (Å²) in [5.74, 6) is -0.0132. The molecular formula is C23H22BrClN2O3. The third kappa shape index (κ3) is 4.94. The van der Waals surface area contributed by atoms with Gasteiger partial charge in [0.05, 0.1) is 4.47 Å². The molecule has 156 valence electrons. The van der Waals surface area contributed by atoms with Crippen LogP contribution in [0.3, 0.4) is 0 Å². The Kier molecular flexibility index (Phi) is 7.34. The zero-order valence-electron chi connectivity index (χ0n) is 16.7. The van der Waals surface area contributed by atoms with E-state index in [9.17, 15) is 9.59 Å². The SMILES string of the molecule is CNC(=O)C(C)N(Cc1ccccc1Cl)C(=O)COc1ccc2ccccc2c1Br. The third-order valence-electron chi connectivity index (χ3n) is 4.89. The van der Waals surface area contributed by atoms with Crippen LogP contribution in [0.4, 0.5) is 0 Å². The molecule has 1 atom stereocenters. The lowest BCUT2D eigenvalue weighted by atomic mass is 10.1. The largest absolute Gasteiger partial charge is 0.483 e. The number of hydrogen-bond donors (Lipinski definition) is 1. The molecule has 7 heteroatoms. The van der Waals surface area contributed by atoms with Gasteiger partial charge in [0.2, 0.25) is 5.91 Å². The van der Waals surface area contributed by atoms with Crippen molar-refractivity contribution < 1.29 is 14.3 Å². The molecule has 0 aromatic heterocycles. The van der Waals surface area contributed by atoms with E-state index in [0.29, 0.717) is 10.8 Å². The summed E-state index contributed by atoms with van der Waals surface area (Å²) < 4.78 is 6.60. The molecule has 0 aliphatic heterocycles. The average Bonchev–Trinajstić information content (AvgIpc) is 2.77. The van der Waals surface area contributed by atoms with Crippen molar-refractivity contribution in [3.05, 3.63) is 75.7 Å². The number of fused-ring (bicyclic) bond motifs is 1. The monoisotopic (exact) mass is 488 g/mol. The van der Waals surface area contributed by atoms with E-state index in [1.807, 2.05) is 54.6 Å². The molecule has 0 bridgehead atoms. The number of benzene rings is 3. The van der Waals surface area contributed by atoms with E-state index in [4.69, 9.17) is 16.3 Å². The maximum absolute atomic E-state index is 13.0. The fourth-order valence-electron chi connectivity index (χ4n) is 3.15. The van der Waals surface area contributed by atoms with Gasteiger partial charge in [0.25, 0.3) is 5.91 Å². The zero-order valence-corrected chi connectivity index (χ0v) is 19.0. The van der Waals surface area contributed by atoms with Gasteiger partial charge >= 0.3 is 0 Å². The molecule has 0 spiro atoms. The van der Waals surface area contributed by atoms with Crippen molar-refractivity contribution in [2.45, 2.75) is 19.5 Å². The van der Waals surface area contributed by atoms with Crippen molar-refractivity contribution in [2.24, 2.45) is 0 Å². The number of halogens is 2. The van der Waals surface area contributed by atoms with Gasteiger partial charge < -0.3 is 15.0 Å². The van der Waals surface area contributed by atoms with E-state index in [1.54, 1.807) is 20.0 Å². The summed E-state index contributed by atoms with van der Waals surface area (Å²) in [5.41, 5.74) is 0.759. The summed E-state index contributed by atoms with van der Waals surface area (Å²) in [7, 11) is 1.54. The van der Waals surface area contributed by atoms with Crippen LogP contribution in [-0.2, 0) is 16.1 Å². The highest BCUT2D eigenvalue weighted by atomic mass is 79.9. The first-order valence-corrected chi connectivity index (χ1v) is 10.6. The number of carbonyl (C=O) groups excluding carboxylic acids is 2. The molecule has 0 radical (unpaired) electrons. The molecule has 30 heavy (non-hydrogen) atoms. The fourth-order valence-corrected chi connectivity index (χ4v) is 3.95. The predicted octanol–water partition coefficient (Wildman–Crippen LogP) is 4.80. The lowest BCUT2D eigenvalue weighted by Gasteiger charge is -2.28. The van der Waals surface area contributed by atoms with Gasteiger partial charge in [-0.25, -0.2) is 0 Å². The molecule has 5 nitrogen and oxygen atoms in total. The Labute approximate surface area is 189 Å². The summed E-state index contributed by atoms with van der Waals surface area (Å²) in [6.45, 7) is 1.68. The van der Waals surface area contributed by atoms with Gasteiger partial charge in [-0.3, -0.25) is 9.59 Å². The van der Waals surface area contributed by atoms with Crippen molar-refractivity contribution in [1.82, 2.24) is 10.2 Å². The van der Waals surface area contributed by atoms with Crippen LogP contribution in [0.2, 0.25) is 5.02 Å². The fraction of sp³-hybridized carbons (Fsp3) is 0.217. The first-order chi connectivity index (χ1) is 14.4. The second kappa shape index (κ2) is 9.96. The predicted molar refractivity (Wildman–Crippen MR) is 123 cm³/mol. The van der Waals surface area contributed by atoms with Crippen molar-refractivity contribution in [3.8, 4) is 5.75 Å². The molecule has 3 aromatic carbocycles. The Morgan fingerprint density at radius 3 is 2.53 bits per heavy atom. The highest BCUT2D eigenvalue weighted by Gasteiger charge is 2.26. The first-order valence-electron chi connectivity index (χ1n) is 9.47. The molecule has 0 saturated heterocycles. The molecule has 1 N–H and O–H groups in total. The van der Waals surface area contributed by atoms with E-state index in [-0.39, 0.29) is 25.0 Å². The van der Waals surface area contributed by atoms with Crippen molar-refractivity contribution in [1.29, 1.82) is 0 Å². The maximum atomic E-state index is 13.0. The zero-order chi connectivity index (χ0) is 21.7. The van der Waals surface area contributed by atoms with Crippen LogP contribution >= 0.6 is 27.5 Å². The molecular weight excluding hydrogens is 468 g/mol. The van der Waals surface area contributed by atoms with E-state index >= 15 is 0 Å². The lowest BCUT2D eigenvalue weighted by molar-refractivity contribution is -0.142. The topological polar surface area (TPSA) is 58.6 Å². The van der Waals surface area contributed by atoms with Crippen LogP contribution in [0.5, 0.6) is 5.75 Å². The second-order valence-corrected chi connectivity index (χ2v) is 7.99. The minimum Gasteiger partial charge on any atom is -0.483 e. The Morgan fingerprint density at radius 2 is 1.80 bits per heavy atom. The Bertz CT molecular complexity index is 1070. The van der Waals surface area contributed by atoms with Crippen LogP contribution in [0, 0.1) is 0 Å². The lowest BCUT2D eigenvalue weighted by Crippen LogP contribution is -2.48. The molecule has 0 saturated carbocycles. The van der Waals surface area contributed by atoms with Crippen LogP contribution in [0.25, 0.3) is 10.8 Å². The number of ether oxygens (including phenoxy) is 1. The van der Waals surface area contributed by atoms with Crippen molar-refractivity contribution in [3.63, 3.8) is 0 Å². The second-order valence-electron chi connectivity index (χ2n) is 6.79. The molecule has 3 aromatic rings. The van der Waals surface area contributed by atoms with Gasteiger partial charge in [0.15, 0.2) is 6.61 Å². The van der Waals surface area contributed by atoms with Crippen molar-refractivity contribution >= 4 is 50.1 Å². The number of amides is 2. The summed E-state index contributed by atoms with van der Waals surface area (Å²) in [6, 6.07) is 18.2. The number of hydrogen-bond acceptors (Lipinski definition) is 3. The number of nitrogens with one attached hydrogen (secondary N) is 1. The summed E-state index contributed by atoms with van der Waals surface area (Å²) in [5, 5.41) is 5.19. The highest BCUT2D eigenvalue weighted by molar-refractivity contribution is 9.10. The summed E-state index contributed by atoms with van der Waals surface area (Å²) in [4.78, 5) is 26.7. The van der Waals surface area contributed by atoms with Gasteiger partial charge in [0, 0.05) is 18.6 Å². The molecule has 0 aliphatic rings. The number of carbonyl (C=O) groups is 2. The number of rotatable bonds is 7. The average molecular weight is 490 g/mol. The molecule has 3 rings (SSSR count). The third-order valence-corrected chi connectivity index (χ3v) is 6.08. The summed E-state index contributed by atoms with van der Waals surface area (Å²) in [6.07, 6.45) is 0. The van der Waals surface area contributed by atoms with Gasteiger partial charge in [-0.05, 0) is 51.3 Å². The van der Waals surface area contributed by atoms with Gasteiger partial charge in [0.1, 0.15) is 11.8 Å². The normalized spacial score (nSPS) is 11.7. The molecule has 0 fully saturated rings. The van der Waals surface area contributed by atoms with Gasteiger partial charge in [-0.15, -0.1) is 0 Å². The molecule has 2 amide bonds. The van der Waals surface area contributed by atoms with Crippen LogP contribution in [-0.4, -0.2) is 36.4 Å². The van der Waals surface area contributed by atoms with E-state index in [2.05, 4.69) is 21.2 Å². The Balaban J connectivity index is 1.80.